The van der Waals surface area contributed by atoms with Gasteiger partial charge in [0.05, 0.1) is 12.1 Å². The van der Waals surface area contributed by atoms with Crippen molar-refractivity contribution in [1.82, 2.24) is 19.9 Å². The molecule has 0 aliphatic carbocycles. The van der Waals surface area contributed by atoms with E-state index in [1.807, 2.05) is 47.1 Å². The summed E-state index contributed by atoms with van der Waals surface area (Å²) in [7, 11) is 0. The zero-order chi connectivity index (χ0) is 28.7. The normalized spacial score (nSPS) is 13.7. The summed E-state index contributed by atoms with van der Waals surface area (Å²) in [6.07, 6.45) is -3.54. The highest BCUT2D eigenvalue weighted by atomic mass is 19.4. The number of ether oxygens (including phenoxy) is 1. The summed E-state index contributed by atoms with van der Waals surface area (Å²) in [5.41, 5.74) is 1.52. The molecule has 1 saturated heterocycles. The molecule has 41 heavy (non-hydrogen) atoms. The molecule has 0 atom stereocenters. The fraction of sp³-hybridized carbons (Fsp3) is 0.310. The first-order valence-electron chi connectivity index (χ1n) is 13.3. The van der Waals surface area contributed by atoms with Gasteiger partial charge >= 0.3 is 6.18 Å². The average Bonchev–Trinajstić information content (AvgIpc) is 2.99. The molecule has 1 fully saturated rings. The Morgan fingerprint density at radius 1 is 0.805 bits per heavy atom. The van der Waals surface area contributed by atoms with Crippen LogP contribution >= 0.6 is 0 Å². The molecule has 2 N–H and O–H groups in total. The van der Waals surface area contributed by atoms with Gasteiger partial charge in [-0.05, 0) is 36.8 Å². The minimum atomic E-state index is -4.41. The van der Waals surface area contributed by atoms with Crippen LogP contribution in [0, 0.1) is 6.92 Å². The predicted molar refractivity (Wildman–Crippen MR) is 152 cm³/mol. The Kier molecular flexibility index (Phi) is 8.66. The van der Waals surface area contributed by atoms with Crippen molar-refractivity contribution in [3.8, 4) is 5.75 Å². The van der Waals surface area contributed by atoms with Gasteiger partial charge < -0.3 is 25.2 Å². The highest BCUT2D eigenvalue weighted by Crippen LogP contribution is 2.29. The molecule has 2 aromatic carbocycles. The number of benzene rings is 2. The second kappa shape index (κ2) is 12.7. The van der Waals surface area contributed by atoms with Crippen LogP contribution in [0.4, 0.5) is 36.8 Å². The second-order valence-corrected chi connectivity index (χ2v) is 9.59. The van der Waals surface area contributed by atoms with Crippen molar-refractivity contribution >= 4 is 23.7 Å². The Morgan fingerprint density at radius 2 is 1.49 bits per heavy atom. The molecule has 3 heterocycles. The van der Waals surface area contributed by atoms with E-state index in [0.29, 0.717) is 69.5 Å². The number of aromatic nitrogens is 4. The number of aryl methyl sites for hydroxylation is 1. The van der Waals surface area contributed by atoms with E-state index < -0.39 is 11.7 Å². The minimum Gasteiger partial charge on any atom is -0.492 e. The standard InChI is InChI=1S/C29H31F3N8O/c1-21-7-9-22(10-8-21)19-35-27-36-26(33-13-18-41-24-5-3-2-4-6-24)37-28(38-27)40-16-14-39(15-17-40)25-12-11-23(20-34-25)29(30,31)32/h2-12,20H,13-19H2,1H3,(H2,33,35,36,37,38). The van der Waals surface area contributed by atoms with Crippen molar-refractivity contribution in [2.75, 3.05) is 59.8 Å². The predicted octanol–water partition coefficient (Wildman–Crippen LogP) is 5.02. The maximum atomic E-state index is 12.9. The third-order valence-corrected chi connectivity index (χ3v) is 6.55. The first-order chi connectivity index (χ1) is 19.8. The van der Waals surface area contributed by atoms with Crippen LogP contribution in [0.2, 0.25) is 0 Å². The molecule has 4 aromatic rings. The van der Waals surface area contributed by atoms with E-state index in [-0.39, 0.29) is 0 Å². The fourth-order valence-corrected chi connectivity index (χ4v) is 4.28. The van der Waals surface area contributed by atoms with E-state index in [9.17, 15) is 13.2 Å². The Balaban J connectivity index is 1.24. The average molecular weight is 565 g/mol. The van der Waals surface area contributed by atoms with Crippen molar-refractivity contribution in [1.29, 1.82) is 0 Å². The number of rotatable bonds is 10. The number of alkyl halides is 3. The third-order valence-electron chi connectivity index (χ3n) is 6.55. The summed E-state index contributed by atoms with van der Waals surface area (Å²) in [4.78, 5) is 21.9. The molecule has 0 amide bonds. The first kappa shape index (κ1) is 27.9. The van der Waals surface area contributed by atoms with Gasteiger partial charge in [0.15, 0.2) is 0 Å². The molecule has 0 unspecified atom stereocenters. The third kappa shape index (κ3) is 7.74. The quantitative estimate of drug-likeness (QED) is 0.258. The fourth-order valence-electron chi connectivity index (χ4n) is 4.28. The summed E-state index contributed by atoms with van der Waals surface area (Å²) in [6, 6.07) is 20.3. The largest absolute Gasteiger partial charge is 0.492 e. The number of para-hydroxylation sites is 1. The summed E-state index contributed by atoms with van der Waals surface area (Å²) in [5, 5.41) is 6.52. The molecular weight excluding hydrogens is 533 g/mol. The lowest BCUT2D eigenvalue weighted by molar-refractivity contribution is -0.137. The molecule has 12 heteroatoms. The number of pyridine rings is 1. The molecule has 214 valence electrons. The number of piperazine rings is 1. The van der Waals surface area contributed by atoms with Crippen LogP contribution in [-0.2, 0) is 12.7 Å². The first-order valence-corrected chi connectivity index (χ1v) is 13.3. The lowest BCUT2D eigenvalue weighted by Crippen LogP contribution is -2.47. The summed E-state index contributed by atoms with van der Waals surface area (Å²) in [6.45, 7) is 5.77. The maximum absolute atomic E-state index is 12.9. The van der Waals surface area contributed by atoms with Crippen LogP contribution in [0.5, 0.6) is 5.75 Å². The number of hydrogen-bond donors (Lipinski definition) is 2. The van der Waals surface area contributed by atoms with E-state index in [2.05, 4.69) is 54.8 Å². The van der Waals surface area contributed by atoms with Crippen molar-refractivity contribution < 1.29 is 17.9 Å². The van der Waals surface area contributed by atoms with Gasteiger partial charge in [-0.2, -0.15) is 28.1 Å². The van der Waals surface area contributed by atoms with Crippen LogP contribution in [0.15, 0.2) is 72.9 Å². The zero-order valence-electron chi connectivity index (χ0n) is 22.6. The molecule has 2 aromatic heterocycles. The highest BCUT2D eigenvalue weighted by molar-refractivity contribution is 5.47. The molecule has 0 spiro atoms. The van der Waals surface area contributed by atoms with E-state index in [1.54, 1.807) is 0 Å². The molecule has 1 aliphatic rings. The summed E-state index contributed by atoms with van der Waals surface area (Å²) < 4.78 is 44.5. The molecule has 1 aliphatic heterocycles. The van der Waals surface area contributed by atoms with E-state index in [1.165, 1.54) is 11.6 Å². The maximum Gasteiger partial charge on any atom is 0.417 e. The smallest absolute Gasteiger partial charge is 0.417 e. The monoisotopic (exact) mass is 564 g/mol. The molecule has 9 nitrogen and oxygen atoms in total. The van der Waals surface area contributed by atoms with Gasteiger partial charge in [0.2, 0.25) is 17.8 Å². The Labute approximate surface area is 236 Å². The topological polar surface area (TPSA) is 91.3 Å². The van der Waals surface area contributed by atoms with Crippen LogP contribution < -0.4 is 25.2 Å². The molecule has 5 rings (SSSR count). The van der Waals surface area contributed by atoms with Crippen molar-refractivity contribution in [2.24, 2.45) is 0 Å². The van der Waals surface area contributed by atoms with Gasteiger partial charge in [0.1, 0.15) is 18.2 Å². The van der Waals surface area contributed by atoms with E-state index in [0.717, 1.165) is 23.6 Å². The van der Waals surface area contributed by atoms with Crippen LogP contribution in [-0.4, -0.2) is 59.3 Å². The van der Waals surface area contributed by atoms with Crippen LogP contribution in [0.25, 0.3) is 0 Å². The summed E-state index contributed by atoms with van der Waals surface area (Å²) >= 11 is 0. The zero-order valence-corrected chi connectivity index (χ0v) is 22.6. The van der Waals surface area contributed by atoms with E-state index >= 15 is 0 Å². The van der Waals surface area contributed by atoms with E-state index in [4.69, 9.17) is 4.74 Å². The van der Waals surface area contributed by atoms with Gasteiger partial charge in [-0.3, -0.25) is 0 Å². The molecule has 0 radical (unpaired) electrons. The van der Waals surface area contributed by atoms with Crippen LogP contribution in [0.1, 0.15) is 16.7 Å². The Bertz CT molecular complexity index is 1390. The Hall–Kier alpha value is -4.61. The summed E-state index contributed by atoms with van der Waals surface area (Å²) in [5.74, 6) is 2.66. The van der Waals surface area contributed by atoms with Crippen molar-refractivity contribution in [3.63, 3.8) is 0 Å². The van der Waals surface area contributed by atoms with Gasteiger partial charge in [-0.25, -0.2) is 4.98 Å². The molecule has 0 bridgehead atoms. The lowest BCUT2D eigenvalue weighted by Gasteiger charge is -2.35. The number of halogens is 3. The van der Waals surface area contributed by atoms with Gasteiger partial charge in [-0.1, -0.05) is 48.0 Å². The number of anilines is 4. The van der Waals surface area contributed by atoms with Gasteiger partial charge in [0, 0.05) is 38.9 Å². The van der Waals surface area contributed by atoms with Crippen LogP contribution in [0.3, 0.4) is 0 Å². The number of nitrogens with one attached hydrogen (secondary N) is 2. The van der Waals surface area contributed by atoms with Gasteiger partial charge in [0.25, 0.3) is 0 Å². The molecular formula is C29H31F3N8O. The SMILES string of the molecule is Cc1ccc(CNc2nc(NCCOc3ccccc3)nc(N3CCN(c4ccc(C(F)(F)F)cn4)CC3)n2)cc1. The second-order valence-electron chi connectivity index (χ2n) is 9.59. The van der Waals surface area contributed by atoms with Crippen molar-refractivity contribution in [2.45, 2.75) is 19.6 Å². The Morgan fingerprint density at radius 3 is 2.15 bits per heavy atom. The molecule has 0 saturated carbocycles. The highest BCUT2D eigenvalue weighted by Gasteiger charge is 2.31. The number of hydrogen-bond acceptors (Lipinski definition) is 9. The van der Waals surface area contributed by atoms with Gasteiger partial charge in [-0.15, -0.1) is 0 Å². The van der Waals surface area contributed by atoms with Crippen molar-refractivity contribution in [3.05, 3.63) is 89.6 Å². The minimum absolute atomic E-state index is 0.421. The lowest BCUT2D eigenvalue weighted by atomic mass is 10.1. The number of nitrogens with zero attached hydrogens (tertiary/aromatic N) is 6.